The molecule has 1 aromatic carbocycles. The lowest BCUT2D eigenvalue weighted by Crippen LogP contribution is -2.40. The highest BCUT2D eigenvalue weighted by molar-refractivity contribution is 5.91. The van der Waals surface area contributed by atoms with Crippen molar-refractivity contribution in [2.24, 2.45) is 17.8 Å². The first-order chi connectivity index (χ1) is 13.0. The first kappa shape index (κ1) is 18.1. The SMILES string of the molecule is Cc1ccc(C)c(OCc2ccc(C(=O)NC(C)C3CC4CCC3C4)o2)c1. The van der Waals surface area contributed by atoms with Crippen LogP contribution < -0.4 is 10.1 Å². The molecule has 1 amide bonds. The molecule has 2 bridgehead atoms. The molecule has 0 spiro atoms. The Hall–Kier alpha value is -2.23. The van der Waals surface area contributed by atoms with Crippen LogP contribution in [0.4, 0.5) is 0 Å². The van der Waals surface area contributed by atoms with Crippen LogP contribution in [0.2, 0.25) is 0 Å². The number of amides is 1. The van der Waals surface area contributed by atoms with Gasteiger partial charge >= 0.3 is 0 Å². The number of ether oxygens (including phenoxy) is 1. The van der Waals surface area contributed by atoms with Crippen LogP contribution in [0.5, 0.6) is 5.75 Å². The maximum Gasteiger partial charge on any atom is 0.287 e. The molecular formula is C23H29NO3. The van der Waals surface area contributed by atoms with E-state index in [2.05, 4.69) is 18.3 Å². The number of fused-ring (bicyclic) bond motifs is 2. The smallest absolute Gasteiger partial charge is 0.287 e. The molecule has 144 valence electrons. The van der Waals surface area contributed by atoms with E-state index in [1.54, 1.807) is 6.07 Å². The maximum atomic E-state index is 12.6. The highest BCUT2D eigenvalue weighted by Crippen LogP contribution is 2.49. The third kappa shape index (κ3) is 3.90. The molecule has 1 heterocycles. The molecule has 1 N–H and O–H groups in total. The molecule has 27 heavy (non-hydrogen) atoms. The summed E-state index contributed by atoms with van der Waals surface area (Å²) in [6.45, 7) is 6.52. The first-order valence-electron chi connectivity index (χ1n) is 10.1. The molecule has 1 aromatic heterocycles. The third-order valence-electron chi connectivity index (χ3n) is 6.39. The molecule has 0 aliphatic heterocycles. The van der Waals surface area contributed by atoms with Gasteiger partial charge in [-0.05, 0) is 87.1 Å². The Morgan fingerprint density at radius 1 is 1.22 bits per heavy atom. The second-order valence-electron chi connectivity index (χ2n) is 8.42. The summed E-state index contributed by atoms with van der Waals surface area (Å²) >= 11 is 0. The molecule has 4 atom stereocenters. The van der Waals surface area contributed by atoms with E-state index in [9.17, 15) is 4.79 Å². The second kappa shape index (κ2) is 7.41. The zero-order valence-corrected chi connectivity index (χ0v) is 16.5. The van der Waals surface area contributed by atoms with Gasteiger partial charge < -0.3 is 14.5 Å². The van der Waals surface area contributed by atoms with Gasteiger partial charge in [-0.2, -0.15) is 0 Å². The van der Waals surface area contributed by atoms with E-state index in [0.717, 1.165) is 28.7 Å². The van der Waals surface area contributed by atoms with Crippen LogP contribution >= 0.6 is 0 Å². The van der Waals surface area contributed by atoms with E-state index in [-0.39, 0.29) is 11.9 Å². The quantitative estimate of drug-likeness (QED) is 0.779. The Morgan fingerprint density at radius 3 is 2.81 bits per heavy atom. The van der Waals surface area contributed by atoms with Crippen molar-refractivity contribution in [3.8, 4) is 5.75 Å². The summed E-state index contributed by atoms with van der Waals surface area (Å²) in [7, 11) is 0. The lowest BCUT2D eigenvalue weighted by atomic mass is 9.84. The number of hydrogen-bond acceptors (Lipinski definition) is 3. The first-order valence-corrected chi connectivity index (χ1v) is 10.1. The average Bonchev–Trinajstić information content (AvgIpc) is 3.39. The normalized spacial score (nSPS) is 24.8. The van der Waals surface area contributed by atoms with E-state index in [1.165, 1.54) is 25.7 Å². The number of nitrogens with one attached hydrogen (secondary N) is 1. The average molecular weight is 367 g/mol. The largest absolute Gasteiger partial charge is 0.485 e. The number of furan rings is 1. The van der Waals surface area contributed by atoms with Crippen LogP contribution in [-0.4, -0.2) is 11.9 Å². The number of carbonyl (C=O) groups excluding carboxylic acids is 1. The molecule has 2 aliphatic rings. The summed E-state index contributed by atoms with van der Waals surface area (Å²) < 4.78 is 11.6. The highest BCUT2D eigenvalue weighted by Gasteiger charge is 2.42. The van der Waals surface area contributed by atoms with Crippen molar-refractivity contribution in [2.45, 2.75) is 59.1 Å². The summed E-state index contributed by atoms with van der Waals surface area (Å²) in [5.41, 5.74) is 2.24. The van der Waals surface area contributed by atoms with Crippen LogP contribution in [0, 0.1) is 31.6 Å². The van der Waals surface area contributed by atoms with Gasteiger partial charge in [0, 0.05) is 6.04 Å². The molecule has 4 nitrogen and oxygen atoms in total. The predicted molar refractivity (Wildman–Crippen MR) is 105 cm³/mol. The standard InChI is InChI=1S/C23H29NO3/c1-14-4-5-15(2)22(10-14)26-13-19-8-9-21(27-19)23(25)24-16(3)20-12-17-6-7-18(20)11-17/h4-5,8-10,16-18,20H,6-7,11-13H2,1-3H3,(H,24,25). The fraction of sp³-hybridized carbons (Fsp3) is 0.522. The van der Waals surface area contributed by atoms with Gasteiger partial charge in [-0.3, -0.25) is 4.79 Å². The van der Waals surface area contributed by atoms with Gasteiger partial charge in [0.25, 0.3) is 5.91 Å². The Kier molecular flexibility index (Phi) is 4.98. The number of rotatable bonds is 6. The zero-order chi connectivity index (χ0) is 19.0. The fourth-order valence-corrected chi connectivity index (χ4v) is 4.88. The third-order valence-corrected chi connectivity index (χ3v) is 6.39. The highest BCUT2D eigenvalue weighted by atomic mass is 16.5. The topological polar surface area (TPSA) is 51.5 Å². The number of carbonyl (C=O) groups is 1. The number of hydrogen-bond donors (Lipinski definition) is 1. The van der Waals surface area contributed by atoms with E-state index in [0.29, 0.717) is 24.0 Å². The van der Waals surface area contributed by atoms with Crippen LogP contribution in [0.15, 0.2) is 34.7 Å². The molecule has 0 radical (unpaired) electrons. The predicted octanol–water partition coefficient (Wildman–Crippen LogP) is 5.03. The Morgan fingerprint density at radius 2 is 2.07 bits per heavy atom. The minimum atomic E-state index is -0.122. The zero-order valence-electron chi connectivity index (χ0n) is 16.5. The molecule has 0 saturated heterocycles. The van der Waals surface area contributed by atoms with Crippen molar-refractivity contribution in [1.82, 2.24) is 5.32 Å². The van der Waals surface area contributed by atoms with Gasteiger partial charge in [0.2, 0.25) is 0 Å². The summed E-state index contributed by atoms with van der Waals surface area (Å²) in [5, 5.41) is 3.15. The van der Waals surface area contributed by atoms with E-state index in [4.69, 9.17) is 9.15 Å². The molecule has 2 saturated carbocycles. The minimum absolute atomic E-state index is 0.122. The Bertz CT molecular complexity index is 825. The van der Waals surface area contributed by atoms with E-state index < -0.39 is 0 Å². The van der Waals surface area contributed by atoms with Crippen molar-refractivity contribution in [3.63, 3.8) is 0 Å². The lowest BCUT2D eigenvalue weighted by molar-refractivity contribution is 0.0883. The van der Waals surface area contributed by atoms with Crippen LogP contribution in [-0.2, 0) is 6.61 Å². The van der Waals surface area contributed by atoms with Gasteiger partial charge in [-0.25, -0.2) is 0 Å². The molecule has 4 unspecified atom stereocenters. The van der Waals surface area contributed by atoms with Crippen molar-refractivity contribution in [2.75, 3.05) is 0 Å². The van der Waals surface area contributed by atoms with Crippen molar-refractivity contribution < 1.29 is 13.9 Å². The van der Waals surface area contributed by atoms with E-state index >= 15 is 0 Å². The number of benzene rings is 1. The van der Waals surface area contributed by atoms with Crippen molar-refractivity contribution in [1.29, 1.82) is 0 Å². The molecular weight excluding hydrogens is 338 g/mol. The van der Waals surface area contributed by atoms with Crippen molar-refractivity contribution in [3.05, 3.63) is 53.0 Å². The van der Waals surface area contributed by atoms with Gasteiger partial charge in [0.05, 0.1) is 0 Å². The van der Waals surface area contributed by atoms with E-state index in [1.807, 2.05) is 32.0 Å². The lowest BCUT2D eigenvalue weighted by Gasteiger charge is -2.28. The number of aryl methyl sites for hydroxylation is 2. The fourth-order valence-electron chi connectivity index (χ4n) is 4.88. The monoisotopic (exact) mass is 367 g/mol. The molecule has 2 aromatic rings. The summed E-state index contributed by atoms with van der Waals surface area (Å²) in [5.74, 6) is 4.05. The molecule has 4 rings (SSSR count). The molecule has 2 aliphatic carbocycles. The van der Waals surface area contributed by atoms with Gasteiger partial charge in [-0.1, -0.05) is 18.6 Å². The van der Waals surface area contributed by atoms with Crippen LogP contribution in [0.3, 0.4) is 0 Å². The molecule has 2 fully saturated rings. The summed E-state index contributed by atoms with van der Waals surface area (Å²) in [6, 6.07) is 9.89. The summed E-state index contributed by atoms with van der Waals surface area (Å²) in [4.78, 5) is 12.6. The Labute approximate surface area is 161 Å². The van der Waals surface area contributed by atoms with Gasteiger partial charge in [0.15, 0.2) is 5.76 Å². The van der Waals surface area contributed by atoms with Gasteiger partial charge in [0.1, 0.15) is 18.1 Å². The van der Waals surface area contributed by atoms with Gasteiger partial charge in [-0.15, -0.1) is 0 Å². The minimum Gasteiger partial charge on any atom is -0.485 e. The molecule has 4 heteroatoms. The maximum absolute atomic E-state index is 12.6. The summed E-state index contributed by atoms with van der Waals surface area (Å²) in [6.07, 6.45) is 5.32. The van der Waals surface area contributed by atoms with Crippen LogP contribution in [0.25, 0.3) is 0 Å². The Balaban J connectivity index is 1.33. The van der Waals surface area contributed by atoms with Crippen LogP contribution in [0.1, 0.15) is 60.0 Å². The second-order valence-corrected chi connectivity index (χ2v) is 8.42. The van der Waals surface area contributed by atoms with Crippen molar-refractivity contribution >= 4 is 5.91 Å².